The third kappa shape index (κ3) is 10.7. The van der Waals surface area contributed by atoms with E-state index in [-0.39, 0.29) is 29.7 Å². The third-order valence-electron chi connectivity index (χ3n) is 6.13. The zero-order chi connectivity index (χ0) is 27.4. The highest BCUT2D eigenvalue weighted by molar-refractivity contribution is 7.09. The highest BCUT2D eigenvalue weighted by Crippen LogP contribution is 2.28. The first-order chi connectivity index (χ1) is 17.6. The first-order valence-corrected chi connectivity index (χ1v) is 13.7. The van der Waals surface area contributed by atoms with Crippen LogP contribution in [0, 0.1) is 11.3 Å². The van der Waals surface area contributed by atoms with Crippen LogP contribution in [-0.2, 0) is 27.3 Å². The summed E-state index contributed by atoms with van der Waals surface area (Å²) in [5.74, 6) is 1.50. The minimum atomic E-state index is -0.0678. The topological polar surface area (TPSA) is 68.3 Å². The van der Waals surface area contributed by atoms with Gasteiger partial charge in [-0.2, -0.15) is 0 Å². The molecule has 7 nitrogen and oxygen atoms in total. The molecule has 0 radical (unpaired) electrons. The monoisotopic (exact) mass is 532 g/mol. The molecule has 1 unspecified atom stereocenters. The molecule has 206 valence electrons. The van der Waals surface area contributed by atoms with Crippen LogP contribution in [0.25, 0.3) is 0 Å². The highest BCUT2D eigenvalue weighted by atomic mass is 32.1. The summed E-state index contributed by atoms with van der Waals surface area (Å²) in [6.07, 6.45) is 2.03. The van der Waals surface area contributed by atoms with E-state index >= 15 is 0 Å². The average Bonchev–Trinajstić information content (AvgIpc) is 3.35. The van der Waals surface area contributed by atoms with Crippen LogP contribution in [0.1, 0.15) is 51.0 Å². The Morgan fingerprint density at radius 3 is 2.30 bits per heavy atom. The smallest absolute Gasteiger partial charge is 0.242 e. The van der Waals surface area contributed by atoms with Gasteiger partial charge in [-0.15, -0.1) is 11.3 Å². The largest absolute Gasteiger partial charge is 0.493 e. The summed E-state index contributed by atoms with van der Waals surface area (Å²) >= 11 is 1.62. The van der Waals surface area contributed by atoms with Crippen LogP contribution in [-0.4, -0.2) is 69.2 Å². The van der Waals surface area contributed by atoms with Crippen molar-refractivity contribution in [3.8, 4) is 11.5 Å². The van der Waals surface area contributed by atoms with Crippen molar-refractivity contribution in [2.24, 2.45) is 11.3 Å². The van der Waals surface area contributed by atoms with Gasteiger partial charge in [0.2, 0.25) is 11.8 Å². The summed E-state index contributed by atoms with van der Waals surface area (Å²) < 4.78 is 16.0. The maximum atomic E-state index is 13.6. The van der Waals surface area contributed by atoms with Crippen molar-refractivity contribution in [1.29, 1.82) is 0 Å². The van der Waals surface area contributed by atoms with Crippen molar-refractivity contribution in [3.63, 3.8) is 0 Å². The van der Waals surface area contributed by atoms with Crippen LogP contribution in [0.15, 0.2) is 35.7 Å². The second-order valence-electron chi connectivity index (χ2n) is 10.7. The average molecular weight is 533 g/mol. The number of ether oxygens (including phenoxy) is 3. The van der Waals surface area contributed by atoms with E-state index in [1.165, 1.54) is 0 Å². The summed E-state index contributed by atoms with van der Waals surface area (Å²) in [5.41, 5.74) is 1.19. The number of thiophene rings is 1. The van der Waals surface area contributed by atoms with E-state index < -0.39 is 0 Å². The molecule has 2 amide bonds. The molecule has 0 spiro atoms. The molecule has 1 atom stereocenters. The molecule has 1 aromatic heterocycles. The normalized spacial score (nSPS) is 12.2. The van der Waals surface area contributed by atoms with Gasteiger partial charge in [0, 0.05) is 31.5 Å². The molecule has 8 heteroatoms. The predicted octanol–water partition coefficient (Wildman–Crippen LogP) is 5.27. The van der Waals surface area contributed by atoms with Gasteiger partial charge in [0.25, 0.3) is 0 Å². The van der Waals surface area contributed by atoms with Crippen molar-refractivity contribution in [3.05, 3.63) is 46.2 Å². The summed E-state index contributed by atoms with van der Waals surface area (Å²) in [7, 11) is 4.83. The lowest BCUT2D eigenvalue weighted by atomic mass is 9.84. The first-order valence-electron chi connectivity index (χ1n) is 12.8. The Bertz CT molecular complexity index is 971. The Kier molecular flexibility index (Phi) is 12.4. The van der Waals surface area contributed by atoms with Gasteiger partial charge in [0.15, 0.2) is 11.5 Å². The van der Waals surface area contributed by atoms with E-state index in [1.807, 2.05) is 40.6 Å². The van der Waals surface area contributed by atoms with Gasteiger partial charge in [-0.25, -0.2) is 0 Å². The van der Waals surface area contributed by atoms with Crippen LogP contribution in [0.2, 0.25) is 0 Å². The van der Waals surface area contributed by atoms with Gasteiger partial charge < -0.3 is 24.0 Å². The molecule has 0 aliphatic carbocycles. The molecule has 0 N–H and O–H groups in total. The number of methoxy groups -OCH3 is 3. The fourth-order valence-corrected chi connectivity index (χ4v) is 5.20. The van der Waals surface area contributed by atoms with Crippen LogP contribution in [0.5, 0.6) is 11.5 Å². The number of benzene rings is 1. The zero-order valence-electron chi connectivity index (χ0n) is 23.5. The van der Waals surface area contributed by atoms with Crippen molar-refractivity contribution in [1.82, 2.24) is 9.80 Å². The van der Waals surface area contributed by atoms with Gasteiger partial charge >= 0.3 is 0 Å². The lowest BCUT2D eigenvalue weighted by Crippen LogP contribution is -2.44. The Hall–Kier alpha value is -2.58. The van der Waals surface area contributed by atoms with E-state index in [4.69, 9.17) is 14.2 Å². The molecule has 0 aliphatic heterocycles. The minimum Gasteiger partial charge on any atom is -0.493 e. The van der Waals surface area contributed by atoms with Gasteiger partial charge in [-0.05, 0) is 53.3 Å². The number of rotatable bonds is 15. The molecule has 1 heterocycles. The summed E-state index contributed by atoms with van der Waals surface area (Å²) in [4.78, 5) is 31.4. The van der Waals surface area contributed by atoms with Crippen molar-refractivity contribution in [2.45, 2.75) is 53.5 Å². The maximum absolute atomic E-state index is 13.6. The number of nitrogens with zero attached hydrogens (tertiary/aromatic N) is 2. The number of carbonyl (C=O) groups is 2. The van der Waals surface area contributed by atoms with Crippen LogP contribution < -0.4 is 9.47 Å². The van der Waals surface area contributed by atoms with E-state index in [1.54, 1.807) is 37.6 Å². The van der Waals surface area contributed by atoms with Gasteiger partial charge in [0.05, 0.1) is 33.9 Å². The fraction of sp³-hybridized carbons (Fsp3) is 0.586. The molecular formula is C29H44N2O5S. The number of amides is 2. The number of carbonyl (C=O) groups excluding carboxylic acids is 2. The van der Waals surface area contributed by atoms with E-state index in [2.05, 4.69) is 27.7 Å². The summed E-state index contributed by atoms with van der Waals surface area (Å²) in [5, 5.41) is 2.01. The Labute approximate surface area is 226 Å². The zero-order valence-corrected chi connectivity index (χ0v) is 24.4. The maximum Gasteiger partial charge on any atom is 0.242 e. The number of hydrogen-bond donors (Lipinski definition) is 0. The highest BCUT2D eigenvalue weighted by Gasteiger charge is 2.25. The fourth-order valence-electron chi connectivity index (χ4n) is 4.48. The standard InChI is InChI=1S/C29H44N2O5S/c1-22(19-29(2,3)4)17-27(32)31(14-15-34-5)21-28(33)30(20-24-9-8-16-37-24)13-12-23-10-11-25(35-6)26(18-23)36-7/h8-11,16,18,22H,12-15,17,19-21H2,1-7H3. The lowest BCUT2D eigenvalue weighted by Gasteiger charge is -2.29. The second-order valence-corrected chi connectivity index (χ2v) is 11.7. The van der Waals surface area contributed by atoms with Gasteiger partial charge in [-0.3, -0.25) is 9.59 Å². The van der Waals surface area contributed by atoms with E-state index in [0.29, 0.717) is 50.6 Å². The Balaban J connectivity index is 2.14. The summed E-state index contributed by atoms with van der Waals surface area (Å²) in [6, 6.07) is 9.83. The van der Waals surface area contributed by atoms with Gasteiger partial charge in [-0.1, -0.05) is 39.8 Å². The quantitative estimate of drug-likeness (QED) is 0.312. The minimum absolute atomic E-state index is 0.00175. The van der Waals surface area contributed by atoms with Crippen molar-refractivity contribution >= 4 is 23.2 Å². The molecule has 0 aliphatic rings. The van der Waals surface area contributed by atoms with Gasteiger partial charge in [0.1, 0.15) is 0 Å². The molecule has 1 aromatic carbocycles. The van der Waals surface area contributed by atoms with E-state index in [9.17, 15) is 9.59 Å². The SMILES string of the molecule is COCCN(CC(=O)N(CCc1ccc(OC)c(OC)c1)Cc1cccs1)C(=O)CC(C)CC(C)(C)C. The third-order valence-corrected chi connectivity index (χ3v) is 6.99. The molecule has 0 saturated heterocycles. The molecular weight excluding hydrogens is 488 g/mol. The molecule has 0 saturated carbocycles. The number of hydrogen-bond acceptors (Lipinski definition) is 6. The molecule has 37 heavy (non-hydrogen) atoms. The van der Waals surface area contributed by atoms with Crippen LogP contribution >= 0.6 is 11.3 Å². The second kappa shape index (κ2) is 15.0. The Morgan fingerprint density at radius 2 is 1.70 bits per heavy atom. The molecule has 2 aromatic rings. The first kappa shape index (κ1) is 30.6. The Morgan fingerprint density at radius 1 is 0.973 bits per heavy atom. The molecule has 2 rings (SSSR count). The van der Waals surface area contributed by atoms with Crippen LogP contribution in [0.4, 0.5) is 0 Å². The predicted molar refractivity (Wildman–Crippen MR) is 149 cm³/mol. The lowest BCUT2D eigenvalue weighted by molar-refractivity contribution is -0.142. The molecule has 0 bridgehead atoms. The van der Waals surface area contributed by atoms with Crippen molar-refractivity contribution < 1.29 is 23.8 Å². The van der Waals surface area contributed by atoms with E-state index in [0.717, 1.165) is 16.9 Å². The molecule has 0 fully saturated rings. The van der Waals surface area contributed by atoms with Crippen LogP contribution in [0.3, 0.4) is 0 Å². The summed E-state index contributed by atoms with van der Waals surface area (Å²) in [6.45, 7) is 10.5. The van der Waals surface area contributed by atoms with Crippen molar-refractivity contribution in [2.75, 3.05) is 47.6 Å².